The summed E-state index contributed by atoms with van der Waals surface area (Å²) in [4.78, 5) is 26.6. The molecular formula is C16H20N2O2. The number of nitrogens with two attached hydrogens (primary N) is 1. The zero-order valence-electron chi connectivity index (χ0n) is 11.5. The zero-order valence-corrected chi connectivity index (χ0v) is 11.5. The third-order valence-electron chi connectivity index (χ3n) is 4.58. The van der Waals surface area contributed by atoms with E-state index in [1.54, 1.807) is 24.3 Å². The number of amides is 2. The Balaban J connectivity index is 1.94. The summed E-state index contributed by atoms with van der Waals surface area (Å²) >= 11 is 0. The van der Waals surface area contributed by atoms with Crippen LogP contribution >= 0.6 is 0 Å². The highest BCUT2D eigenvalue weighted by atomic mass is 16.2. The second kappa shape index (κ2) is 5.37. The monoisotopic (exact) mass is 272 g/mol. The smallest absolute Gasteiger partial charge is 0.261 e. The molecule has 3 rings (SSSR count). The summed E-state index contributed by atoms with van der Waals surface area (Å²) < 4.78 is 0. The SMILES string of the molecule is NCC1CCCCCC1N1C(=O)c2ccccc2C1=O. The predicted octanol–water partition coefficient (Wildman–Crippen LogP) is 2.19. The molecule has 1 aromatic rings. The Hall–Kier alpha value is -1.68. The van der Waals surface area contributed by atoms with Crippen LogP contribution in [0.1, 0.15) is 52.8 Å². The van der Waals surface area contributed by atoms with Gasteiger partial charge in [-0.15, -0.1) is 0 Å². The number of nitrogens with zero attached hydrogens (tertiary/aromatic N) is 1. The van der Waals surface area contributed by atoms with Crippen molar-refractivity contribution in [3.63, 3.8) is 0 Å². The average molecular weight is 272 g/mol. The maximum absolute atomic E-state index is 12.5. The summed E-state index contributed by atoms with van der Waals surface area (Å²) in [6.07, 6.45) is 5.26. The van der Waals surface area contributed by atoms with E-state index in [2.05, 4.69) is 0 Å². The van der Waals surface area contributed by atoms with Crippen molar-refractivity contribution in [2.75, 3.05) is 6.54 Å². The molecule has 106 valence electrons. The largest absolute Gasteiger partial charge is 0.330 e. The Morgan fingerprint density at radius 1 is 1.00 bits per heavy atom. The average Bonchev–Trinajstić information content (AvgIpc) is 2.65. The lowest BCUT2D eigenvalue weighted by Crippen LogP contribution is -2.46. The Bertz CT molecular complexity index is 506. The van der Waals surface area contributed by atoms with Gasteiger partial charge in [0.25, 0.3) is 11.8 Å². The summed E-state index contributed by atoms with van der Waals surface area (Å²) in [5.74, 6) is -0.0494. The summed E-state index contributed by atoms with van der Waals surface area (Å²) in [6, 6.07) is 7.06. The lowest BCUT2D eigenvalue weighted by atomic mass is 9.93. The maximum Gasteiger partial charge on any atom is 0.261 e. The first-order valence-electron chi connectivity index (χ1n) is 7.41. The molecule has 4 nitrogen and oxygen atoms in total. The van der Waals surface area contributed by atoms with Crippen LogP contribution < -0.4 is 5.73 Å². The van der Waals surface area contributed by atoms with E-state index < -0.39 is 0 Å². The third-order valence-corrected chi connectivity index (χ3v) is 4.58. The van der Waals surface area contributed by atoms with E-state index in [4.69, 9.17) is 5.73 Å². The molecule has 1 aliphatic carbocycles. The van der Waals surface area contributed by atoms with Crippen LogP contribution in [0, 0.1) is 5.92 Å². The standard InChI is InChI=1S/C16H20N2O2/c17-10-11-6-2-1-3-9-14(11)18-15(19)12-7-4-5-8-13(12)16(18)20/h4-5,7-8,11,14H,1-3,6,9-10,17H2. The van der Waals surface area contributed by atoms with Gasteiger partial charge in [0, 0.05) is 6.04 Å². The number of hydrogen-bond acceptors (Lipinski definition) is 3. The minimum absolute atomic E-state index is 0.0325. The molecule has 0 aromatic heterocycles. The number of benzene rings is 1. The first-order chi connectivity index (χ1) is 9.74. The normalized spacial score (nSPS) is 26.6. The van der Waals surface area contributed by atoms with Gasteiger partial charge in [-0.1, -0.05) is 31.4 Å². The molecule has 2 aliphatic rings. The fourth-order valence-electron chi connectivity index (χ4n) is 3.49. The molecule has 0 bridgehead atoms. The Labute approximate surface area is 118 Å². The van der Waals surface area contributed by atoms with Gasteiger partial charge in [0.1, 0.15) is 0 Å². The first kappa shape index (κ1) is 13.3. The molecule has 0 saturated heterocycles. The van der Waals surface area contributed by atoms with E-state index in [0.29, 0.717) is 17.7 Å². The number of rotatable bonds is 2. The van der Waals surface area contributed by atoms with Crippen molar-refractivity contribution in [1.82, 2.24) is 4.90 Å². The number of carbonyl (C=O) groups is 2. The number of carbonyl (C=O) groups excluding carboxylic acids is 2. The summed E-state index contributed by atoms with van der Waals surface area (Å²) in [7, 11) is 0. The van der Waals surface area contributed by atoms with Crippen LogP contribution in [0.3, 0.4) is 0 Å². The molecule has 4 heteroatoms. The van der Waals surface area contributed by atoms with Gasteiger partial charge < -0.3 is 5.73 Å². The van der Waals surface area contributed by atoms with Crippen LogP contribution in [0.15, 0.2) is 24.3 Å². The minimum Gasteiger partial charge on any atom is -0.330 e. The van der Waals surface area contributed by atoms with E-state index in [9.17, 15) is 9.59 Å². The van der Waals surface area contributed by atoms with E-state index >= 15 is 0 Å². The van der Waals surface area contributed by atoms with Crippen LogP contribution in [0.2, 0.25) is 0 Å². The van der Waals surface area contributed by atoms with Crippen molar-refractivity contribution in [2.24, 2.45) is 11.7 Å². The van der Waals surface area contributed by atoms with Crippen LogP contribution in [-0.4, -0.2) is 29.3 Å². The molecule has 1 fully saturated rings. The van der Waals surface area contributed by atoms with Crippen molar-refractivity contribution in [3.8, 4) is 0 Å². The second-order valence-electron chi connectivity index (χ2n) is 5.73. The van der Waals surface area contributed by atoms with Gasteiger partial charge in [-0.3, -0.25) is 14.5 Å². The van der Waals surface area contributed by atoms with E-state index in [0.717, 1.165) is 32.1 Å². The van der Waals surface area contributed by atoms with Gasteiger partial charge in [-0.05, 0) is 37.4 Å². The number of hydrogen-bond donors (Lipinski definition) is 1. The van der Waals surface area contributed by atoms with Crippen LogP contribution in [-0.2, 0) is 0 Å². The van der Waals surface area contributed by atoms with Crippen LogP contribution in [0.4, 0.5) is 0 Å². The van der Waals surface area contributed by atoms with E-state index in [1.165, 1.54) is 4.90 Å². The molecule has 1 heterocycles. The maximum atomic E-state index is 12.5. The lowest BCUT2D eigenvalue weighted by Gasteiger charge is -2.31. The predicted molar refractivity (Wildman–Crippen MR) is 76.4 cm³/mol. The number of imide groups is 1. The highest BCUT2D eigenvalue weighted by Gasteiger charge is 2.42. The molecule has 2 amide bonds. The topological polar surface area (TPSA) is 63.4 Å². The van der Waals surface area contributed by atoms with Crippen molar-refractivity contribution >= 4 is 11.8 Å². The molecule has 2 N–H and O–H groups in total. The fourth-order valence-corrected chi connectivity index (χ4v) is 3.49. The molecule has 1 aliphatic heterocycles. The molecule has 0 radical (unpaired) electrons. The van der Waals surface area contributed by atoms with Crippen molar-refractivity contribution in [1.29, 1.82) is 0 Å². The quantitative estimate of drug-likeness (QED) is 0.663. The van der Waals surface area contributed by atoms with Crippen molar-refractivity contribution < 1.29 is 9.59 Å². The van der Waals surface area contributed by atoms with Gasteiger partial charge in [0.2, 0.25) is 0 Å². The van der Waals surface area contributed by atoms with Crippen LogP contribution in [0.5, 0.6) is 0 Å². The van der Waals surface area contributed by atoms with Gasteiger partial charge in [0.15, 0.2) is 0 Å². The lowest BCUT2D eigenvalue weighted by molar-refractivity contribution is 0.0519. The summed E-state index contributed by atoms with van der Waals surface area (Å²) in [5.41, 5.74) is 6.96. The number of fused-ring (bicyclic) bond motifs is 1. The molecular weight excluding hydrogens is 252 g/mol. The molecule has 2 unspecified atom stereocenters. The third kappa shape index (κ3) is 2.04. The van der Waals surface area contributed by atoms with Gasteiger partial charge >= 0.3 is 0 Å². The molecule has 0 spiro atoms. The van der Waals surface area contributed by atoms with Crippen LogP contribution in [0.25, 0.3) is 0 Å². The summed E-state index contributed by atoms with van der Waals surface area (Å²) in [6.45, 7) is 0.540. The van der Waals surface area contributed by atoms with Crippen molar-refractivity contribution in [2.45, 2.75) is 38.1 Å². The van der Waals surface area contributed by atoms with Crippen molar-refractivity contribution in [3.05, 3.63) is 35.4 Å². The van der Waals surface area contributed by atoms with Gasteiger partial charge in [-0.2, -0.15) is 0 Å². The first-order valence-corrected chi connectivity index (χ1v) is 7.41. The molecule has 1 aromatic carbocycles. The van der Waals surface area contributed by atoms with E-state index in [-0.39, 0.29) is 23.8 Å². The highest BCUT2D eigenvalue weighted by Crippen LogP contribution is 2.32. The Morgan fingerprint density at radius 2 is 1.60 bits per heavy atom. The fraction of sp³-hybridized carbons (Fsp3) is 0.500. The van der Waals surface area contributed by atoms with E-state index in [1.807, 2.05) is 0 Å². The second-order valence-corrected chi connectivity index (χ2v) is 5.73. The zero-order chi connectivity index (χ0) is 14.1. The Morgan fingerprint density at radius 3 is 2.20 bits per heavy atom. The Kier molecular flexibility index (Phi) is 3.57. The highest BCUT2D eigenvalue weighted by molar-refractivity contribution is 6.21. The van der Waals surface area contributed by atoms with Gasteiger partial charge in [-0.25, -0.2) is 0 Å². The minimum atomic E-state index is -0.143. The van der Waals surface area contributed by atoms with Gasteiger partial charge in [0.05, 0.1) is 11.1 Å². The molecule has 20 heavy (non-hydrogen) atoms. The molecule has 1 saturated carbocycles. The summed E-state index contributed by atoms with van der Waals surface area (Å²) in [5, 5.41) is 0. The molecule has 2 atom stereocenters.